The normalized spacial score (nSPS) is 17.1. The number of amides is 1. The second-order valence-electron chi connectivity index (χ2n) is 6.83. The quantitative estimate of drug-likeness (QED) is 0.724. The van der Waals surface area contributed by atoms with Crippen molar-refractivity contribution in [3.63, 3.8) is 0 Å². The zero-order valence-electron chi connectivity index (χ0n) is 14.8. The number of benzene rings is 1. The second kappa shape index (κ2) is 6.78. The van der Waals surface area contributed by atoms with Crippen LogP contribution in [0.2, 0.25) is 0 Å². The van der Waals surface area contributed by atoms with E-state index in [4.69, 9.17) is 0 Å². The Morgan fingerprint density at radius 1 is 1.19 bits per heavy atom. The maximum atomic E-state index is 12.6. The summed E-state index contributed by atoms with van der Waals surface area (Å²) >= 11 is 0. The molecule has 26 heavy (non-hydrogen) atoms. The number of carbonyl (C=O) groups is 1. The molecular weight excluding hydrogens is 328 g/mol. The Bertz CT molecular complexity index is 990. The summed E-state index contributed by atoms with van der Waals surface area (Å²) in [4.78, 5) is 31.5. The predicted molar refractivity (Wildman–Crippen MR) is 100.0 cm³/mol. The molecule has 0 bridgehead atoms. The minimum absolute atomic E-state index is 0.0122. The predicted octanol–water partition coefficient (Wildman–Crippen LogP) is 2.14. The Morgan fingerprint density at radius 2 is 2.00 bits per heavy atom. The number of rotatable bonds is 4. The lowest BCUT2D eigenvalue weighted by Gasteiger charge is -2.17. The zero-order chi connectivity index (χ0) is 18.1. The van der Waals surface area contributed by atoms with E-state index in [2.05, 4.69) is 4.98 Å². The molecule has 0 radical (unpaired) electrons. The van der Waals surface area contributed by atoms with Crippen LogP contribution < -0.4 is 5.69 Å². The molecule has 1 saturated heterocycles. The first-order valence-electron chi connectivity index (χ1n) is 8.99. The number of nitrogens with zero attached hydrogens (tertiary/aromatic N) is 4. The average molecular weight is 350 g/mol. The minimum atomic E-state index is -0.0673. The molecule has 2 aromatic heterocycles. The van der Waals surface area contributed by atoms with E-state index in [0.29, 0.717) is 25.2 Å². The molecule has 1 atom stereocenters. The average Bonchev–Trinajstić information content (AvgIpc) is 3.25. The van der Waals surface area contributed by atoms with Crippen LogP contribution in [-0.2, 0) is 18.3 Å². The summed E-state index contributed by atoms with van der Waals surface area (Å²) < 4.78 is 3.38. The molecule has 1 aliphatic heterocycles. The van der Waals surface area contributed by atoms with Gasteiger partial charge in [0.2, 0.25) is 5.91 Å². The topological polar surface area (TPSA) is 60.1 Å². The fourth-order valence-electron chi connectivity index (χ4n) is 3.75. The van der Waals surface area contributed by atoms with Gasteiger partial charge in [0.15, 0.2) is 5.65 Å². The first kappa shape index (κ1) is 16.6. The molecule has 0 saturated carbocycles. The van der Waals surface area contributed by atoms with Gasteiger partial charge in [-0.1, -0.05) is 30.3 Å². The van der Waals surface area contributed by atoms with Gasteiger partial charge in [-0.05, 0) is 30.5 Å². The monoisotopic (exact) mass is 350 g/mol. The van der Waals surface area contributed by atoms with Crippen molar-refractivity contribution in [2.45, 2.75) is 25.3 Å². The fraction of sp³-hybridized carbons (Fsp3) is 0.350. The Hall–Kier alpha value is -2.89. The zero-order valence-corrected chi connectivity index (χ0v) is 14.8. The molecule has 6 heteroatoms. The molecular formula is C20H22N4O2. The molecule has 0 spiro atoms. The van der Waals surface area contributed by atoms with Crippen molar-refractivity contribution in [2.75, 3.05) is 13.1 Å². The molecule has 0 N–H and O–H groups in total. The molecule has 4 rings (SSSR count). The van der Waals surface area contributed by atoms with Crippen LogP contribution in [0.4, 0.5) is 0 Å². The lowest BCUT2D eigenvalue weighted by molar-refractivity contribution is -0.130. The van der Waals surface area contributed by atoms with Gasteiger partial charge in [0.1, 0.15) is 0 Å². The third-order valence-electron chi connectivity index (χ3n) is 5.20. The van der Waals surface area contributed by atoms with Crippen LogP contribution in [0.15, 0.2) is 53.5 Å². The van der Waals surface area contributed by atoms with Crippen molar-refractivity contribution in [1.82, 2.24) is 19.0 Å². The van der Waals surface area contributed by atoms with Gasteiger partial charge in [0.05, 0.1) is 11.6 Å². The maximum absolute atomic E-state index is 12.6. The van der Waals surface area contributed by atoms with Gasteiger partial charge in [0, 0.05) is 32.8 Å². The summed E-state index contributed by atoms with van der Waals surface area (Å²) in [5.74, 6) is 0.151. The summed E-state index contributed by atoms with van der Waals surface area (Å²) in [6.45, 7) is 1.26. The summed E-state index contributed by atoms with van der Waals surface area (Å²) in [5.41, 5.74) is 2.63. The van der Waals surface area contributed by atoms with E-state index in [9.17, 15) is 9.59 Å². The standard InChI is InChI=1S/C20H22N4O2/c1-22-17-8-5-12-21-19(17)24(20(22)26)16-11-13-23(14-16)18(25)10-9-15-6-3-2-4-7-15/h2-8,12,16H,9-11,13-14H2,1H3/t16-/m1/s1. The molecule has 3 heterocycles. The minimum Gasteiger partial charge on any atom is -0.341 e. The van der Waals surface area contributed by atoms with Gasteiger partial charge in [0.25, 0.3) is 0 Å². The number of fused-ring (bicyclic) bond motifs is 1. The Balaban J connectivity index is 1.48. The third-order valence-corrected chi connectivity index (χ3v) is 5.20. The van der Waals surface area contributed by atoms with E-state index in [0.717, 1.165) is 18.4 Å². The lowest BCUT2D eigenvalue weighted by Crippen LogP contribution is -2.32. The molecule has 1 amide bonds. The van der Waals surface area contributed by atoms with Crippen molar-refractivity contribution < 1.29 is 4.79 Å². The number of carbonyl (C=O) groups excluding carboxylic acids is 1. The number of aromatic nitrogens is 3. The van der Waals surface area contributed by atoms with E-state index in [1.807, 2.05) is 47.4 Å². The highest BCUT2D eigenvalue weighted by molar-refractivity contribution is 5.77. The molecule has 1 fully saturated rings. The molecule has 1 aromatic carbocycles. The Labute approximate surface area is 151 Å². The van der Waals surface area contributed by atoms with Crippen molar-refractivity contribution in [3.8, 4) is 0 Å². The van der Waals surface area contributed by atoms with Gasteiger partial charge < -0.3 is 4.90 Å². The van der Waals surface area contributed by atoms with Crippen LogP contribution >= 0.6 is 0 Å². The summed E-state index contributed by atoms with van der Waals surface area (Å²) in [6.07, 6.45) is 3.73. The molecule has 1 aliphatic rings. The van der Waals surface area contributed by atoms with Gasteiger partial charge in [-0.15, -0.1) is 0 Å². The van der Waals surface area contributed by atoms with Crippen molar-refractivity contribution in [1.29, 1.82) is 0 Å². The van der Waals surface area contributed by atoms with Crippen LogP contribution in [0.25, 0.3) is 11.2 Å². The van der Waals surface area contributed by atoms with Crippen LogP contribution in [-0.4, -0.2) is 38.0 Å². The summed E-state index contributed by atoms with van der Waals surface area (Å²) in [5, 5.41) is 0. The van der Waals surface area contributed by atoms with Gasteiger partial charge >= 0.3 is 5.69 Å². The van der Waals surface area contributed by atoms with Crippen molar-refractivity contribution in [3.05, 3.63) is 64.7 Å². The number of pyridine rings is 1. The van der Waals surface area contributed by atoms with Crippen molar-refractivity contribution >= 4 is 17.1 Å². The smallest absolute Gasteiger partial charge is 0.330 e. The SMILES string of the molecule is Cn1c(=O)n([C@@H]2CCN(C(=O)CCc3ccccc3)C2)c2ncccc21. The first-order valence-corrected chi connectivity index (χ1v) is 8.99. The van der Waals surface area contributed by atoms with E-state index in [-0.39, 0.29) is 17.6 Å². The van der Waals surface area contributed by atoms with Gasteiger partial charge in [-0.2, -0.15) is 0 Å². The molecule has 3 aromatic rings. The highest BCUT2D eigenvalue weighted by Crippen LogP contribution is 2.24. The highest BCUT2D eigenvalue weighted by atomic mass is 16.2. The van der Waals surface area contributed by atoms with E-state index in [1.165, 1.54) is 5.56 Å². The molecule has 6 nitrogen and oxygen atoms in total. The van der Waals surface area contributed by atoms with Crippen LogP contribution in [0.5, 0.6) is 0 Å². The first-order chi connectivity index (χ1) is 12.6. The largest absolute Gasteiger partial charge is 0.341 e. The number of aryl methyl sites for hydroxylation is 2. The number of hydrogen-bond donors (Lipinski definition) is 0. The third kappa shape index (κ3) is 2.92. The summed E-state index contributed by atoms with van der Waals surface area (Å²) in [7, 11) is 1.76. The van der Waals surface area contributed by atoms with Crippen LogP contribution in [0.3, 0.4) is 0 Å². The second-order valence-corrected chi connectivity index (χ2v) is 6.83. The van der Waals surface area contributed by atoms with E-state index < -0.39 is 0 Å². The summed E-state index contributed by atoms with van der Waals surface area (Å²) in [6, 6.07) is 13.8. The van der Waals surface area contributed by atoms with Crippen molar-refractivity contribution in [2.24, 2.45) is 7.05 Å². The number of imidazole rings is 1. The fourth-order valence-corrected chi connectivity index (χ4v) is 3.75. The molecule has 134 valence electrons. The van der Waals surface area contributed by atoms with E-state index >= 15 is 0 Å². The highest BCUT2D eigenvalue weighted by Gasteiger charge is 2.30. The van der Waals surface area contributed by atoms with Crippen LogP contribution in [0.1, 0.15) is 24.4 Å². The molecule has 0 unspecified atom stereocenters. The Morgan fingerprint density at radius 3 is 2.81 bits per heavy atom. The van der Waals surface area contributed by atoms with Gasteiger partial charge in [-0.3, -0.25) is 13.9 Å². The van der Waals surface area contributed by atoms with Crippen LogP contribution in [0, 0.1) is 0 Å². The van der Waals surface area contributed by atoms with E-state index in [1.54, 1.807) is 22.4 Å². The van der Waals surface area contributed by atoms with Gasteiger partial charge in [-0.25, -0.2) is 9.78 Å². The Kier molecular flexibility index (Phi) is 4.32. The molecule has 0 aliphatic carbocycles. The number of likely N-dealkylation sites (tertiary alicyclic amines) is 1. The number of hydrogen-bond acceptors (Lipinski definition) is 3. The lowest BCUT2D eigenvalue weighted by atomic mass is 10.1. The maximum Gasteiger partial charge on any atom is 0.330 e.